The summed E-state index contributed by atoms with van der Waals surface area (Å²) in [4.78, 5) is 23.9. The van der Waals surface area contributed by atoms with Crippen molar-refractivity contribution in [2.45, 2.75) is 20.3 Å². The van der Waals surface area contributed by atoms with Crippen LogP contribution in [0.2, 0.25) is 0 Å². The Bertz CT molecular complexity index is 712. The van der Waals surface area contributed by atoms with Crippen molar-refractivity contribution in [3.63, 3.8) is 0 Å². The topological polar surface area (TPSA) is 67.4 Å². The highest BCUT2D eigenvalue weighted by atomic mass is 19.1. The van der Waals surface area contributed by atoms with E-state index in [9.17, 15) is 14.0 Å². The molecule has 0 spiro atoms. The van der Waals surface area contributed by atoms with Gasteiger partial charge in [-0.2, -0.15) is 0 Å². The molecule has 2 N–H and O–H groups in total. The Morgan fingerprint density at radius 3 is 1.88 bits per heavy atom. The van der Waals surface area contributed by atoms with Crippen LogP contribution in [0.4, 0.5) is 4.39 Å². The number of rotatable bonds is 6. The number of hydrogen-bond acceptors (Lipinski definition) is 3. The monoisotopic (exact) mass is 344 g/mol. The third-order valence-electron chi connectivity index (χ3n) is 3.48. The average molecular weight is 344 g/mol. The molecule has 132 valence electrons. The second-order valence-electron chi connectivity index (χ2n) is 5.97. The first-order valence-corrected chi connectivity index (χ1v) is 8.05. The molecule has 0 aromatic heterocycles. The fourth-order valence-electron chi connectivity index (χ4n) is 1.97. The zero-order valence-corrected chi connectivity index (χ0v) is 14.2. The number of hydrogen-bond donors (Lipinski definition) is 2. The maximum atomic E-state index is 12.8. The summed E-state index contributed by atoms with van der Waals surface area (Å²) in [7, 11) is 0. The van der Waals surface area contributed by atoms with E-state index in [2.05, 4.69) is 24.7 Å². The lowest BCUT2D eigenvalue weighted by molar-refractivity contribution is 0.0846. The number of ether oxygens (including phenoxy) is 1. The summed E-state index contributed by atoms with van der Waals surface area (Å²) >= 11 is 0. The lowest BCUT2D eigenvalue weighted by atomic mass is 10.1. The maximum Gasteiger partial charge on any atom is 0.269 e. The summed E-state index contributed by atoms with van der Waals surface area (Å²) in [6, 6.07) is 11.7. The number of carbonyl (C=O) groups excluding carboxylic acids is 2. The van der Waals surface area contributed by atoms with Crippen LogP contribution in [0.25, 0.3) is 0 Å². The van der Waals surface area contributed by atoms with Crippen molar-refractivity contribution in [3.8, 4) is 5.75 Å². The summed E-state index contributed by atoms with van der Waals surface area (Å²) in [5.74, 6) is -0.162. The first kappa shape index (κ1) is 18.4. The molecule has 2 amide bonds. The second-order valence-corrected chi connectivity index (χ2v) is 5.97. The first-order valence-electron chi connectivity index (χ1n) is 8.05. The predicted molar refractivity (Wildman–Crippen MR) is 92.7 cm³/mol. The molecule has 0 aliphatic heterocycles. The van der Waals surface area contributed by atoms with Crippen LogP contribution in [0.15, 0.2) is 48.5 Å². The Balaban J connectivity index is 1.84. The van der Waals surface area contributed by atoms with E-state index in [0.717, 1.165) is 6.42 Å². The number of nitrogens with one attached hydrogen (secondary N) is 2. The Morgan fingerprint density at radius 1 is 0.920 bits per heavy atom. The van der Waals surface area contributed by atoms with Crippen LogP contribution in [-0.4, -0.2) is 18.4 Å². The minimum absolute atomic E-state index is 0.246. The van der Waals surface area contributed by atoms with Crippen LogP contribution in [0.3, 0.4) is 0 Å². The van der Waals surface area contributed by atoms with Crippen molar-refractivity contribution in [1.29, 1.82) is 0 Å². The Morgan fingerprint density at radius 2 is 1.40 bits per heavy atom. The van der Waals surface area contributed by atoms with E-state index in [1.54, 1.807) is 24.3 Å². The van der Waals surface area contributed by atoms with Crippen LogP contribution in [0.5, 0.6) is 5.75 Å². The molecule has 0 saturated heterocycles. The molecule has 0 bridgehead atoms. The third-order valence-corrected chi connectivity index (χ3v) is 3.48. The van der Waals surface area contributed by atoms with Gasteiger partial charge in [-0.05, 0) is 60.9 Å². The van der Waals surface area contributed by atoms with E-state index < -0.39 is 17.6 Å². The molecule has 0 aliphatic rings. The number of halogens is 1. The lowest BCUT2D eigenvalue weighted by Crippen LogP contribution is -2.41. The number of hydrazine groups is 1. The van der Waals surface area contributed by atoms with E-state index in [-0.39, 0.29) is 5.56 Å². The molecule has 0 atom stereocenters. The minimum atomic E-state index is -0.526. The molecule has 2 rings (SSSR count). The van der Waals surface area contributed by atoms with Crippen molar-refractivity contribution in [3.05, 3.63) is 65.5 Å². The van der Waals surface area contributed by atoms with Gasteiger partial charge in [0.05, 0.1) is 6.61 Å². The first-order chi connectivity index (χ1) is 12.0. The van der Waals surface area contributed by atoms with Crippen LogP contribution in [0.1, 0.15) is 41.0 Å². The van der Waals surface area contributed by atoms with Gasteiger partial charge in [-0.3, -0.25) is 20.4 Å². The molecule has 0 radical (unpaired) electrons. The van der Waals surface area contributed by atoms with Crippen LogP contribution < -0.4 is 15.6 Å². The Hall–Kier alpha value is -2.89. The van der Waals surface area contributed by atoms with Crippen molar-refractivity contribution < 1.29 is 18.7 Å². The van der Waals surface area contributed by atoms with E-state index in [1.807, 2.05) is 0 Å². The van der Waals surface area contributed by atoms with Crippen LogP contribution in [-0.2, 0) is 0 Å². The summed E-state index contributed by atoms with van der Waals surface area (Å²) in [5, 5.41) is 0. The summed E-state index contributed by atoms with van der Waals surface area (Å²) in [6.07, 6.45) is 0.956. The fraction of sp³-hybridized carbons (Fsp3) is 0.263. The van der Waals surface area contributed by atoms with Gasteiger partial charge in [-0.15, -0.1) is 0 Å². The van der Waals surface area contributed by atoms with Crippen molar-refractivity contribution in [2.75, 3.05) is 6.61 Å². The van der Waals surface area contributed by atoms with Crippen LogP contribution >= 0.6 is 0 Å². The number of amides is 2. The minimum Gasteiger partial charge on any atom is -0.494 e. The van der Waals surface area contributed by atoms with Gasteiger partial charge in [0.15, 0.2) is 0 Å². The van der Waals surface area contributed by atoms with Gasteiger partial charge >= 0.3 is 0 Å². The Kier molecular flexibility index (Phi) is 6.51. The zero-order chi connectivity index (χ0) is 18.2. The standard InChI is InChI=1S/C19H21FN2O3/c1-13(2)11-12-25-17-9-5-15(6-10-17)19(24)22-21-18(23)14-3-7-16(20)8-4-14/h3-10,13H,11-12H2,1-2H3,(H,21,23)(H,22,24). The average Bonchev–Trinajstić information content (AvgIpc) is 2.60. The highest BCUT2D eigenvalue weighted by Crippen LogP contribution is 2.13. The van der Waals surface area contributed by atoms with Gasteiger partial charge in [-0.25, -0.2) is 4.39 Å². The van der Waals surface area contributed by atoms with Crippen molar-refractivity contribution >= 4 is 11.8 Å². The van der Waals surface area contributed by atoms with E-state index in [1.165, 1.54) is 24.3 Å². The van der Waals surface area contributed by atoms with Gasteiger partial charge in [0.2, 0.25) is 0 Å². The molecule has 6 heteroatoms. The number of carbonyl (C=O) groups is 2. The molecule has 5 nitrogen and oxygen atoms in total. The quantitative estimate of drug-likeness (QED) is 0.790. The maximum absolute atomic E-state index is 12.8. The zero-order valence-electron chi connectivity index (χ0n) is 14.2. The molecule has 0 heterocycles. The van der Waals surface area contributed by atoms with E-state index in [0.29, 0.717) is 23.8 Å². The van der Waals surface area contributed by atoms with Gasteiger partial charge in [-0.1, -0.05) is 13.8 Å². The summed E-state index contributed by atoms with van der Waals surface area (Å²) in [6.45, 7) is 4.87. The predicted octanol–water partition coefficient (Wildman–Crippen LogP) is 3.33. The van der Waals surface area contributed by atoms with Gasteiger partial charge in [0.25, 0.3) is 11.8 Å². The molecule has 2 aromatic carbocycles. The molecule has 2 aromatic rings. The molecule has 0 aliphatic carbocycles. The van der Waals surface area contributed by atoms with E-state index >= 15 is 0 Å². The highest BCUT2D eigenvalue weighted by Gasteiger charge is 2.09. The highest BCUT2D eigenvalue weighted by molar-refractivity contribution is 5.99. The fourth-order valence-corrected chi connectivity index (χ4v) is 1.97. The van der Waals surface area contributed by atoms with Crippen molar-refractivity contribution in [1.82, 2.24) is 10.9 Å². The van der Waals surface area contributed by atoms with E-state index in [4.69, 9.17) is 4.74 Å². The molecule has 0 fully saturated rings. The summed E-state index contributed by atoms with van der Waals surface area (Å²) in [5.41, 5.74) is 5.23. The second kappa shape index (κ2) is 8.82. The molecular weight excluding hydrogens is 323 g/mol. The number of benzene rings is 2. The smallest absolute Gasteiger partial charge is 0.269 e. The molecular formula is C19H21FN2O3. The van der Waals surface area contributed by atoms with Crippen molar-refractivity contribution in [2.24, 2.45) is 5.92 Å². The van der Waals surface area contributed by atoms with Crippen LogP contribution in [0, 0.1) is 11.7 Å². The SMILES string of the molecule is CC(C)CCOc1ccc(C(=O)NNC(=O)c2ccc(F)cc2)cc1. The lowest BCUT2D eigenvalue weighted by Gasteiger charge is -2.10. The van der Waals surface area contributed by atoms with Gasteiger partial charge in [0, 0.05) is 11.1 Å². The molecule has 25 heavy (non-hydrogen) atoms. The third kappa shape index (κ3) is 5.91. The van der Waals surface area contributed by atoms with Gasteiger partial charge < -0.3 is 4.74 Å². The Labute approximate surface area is 146 Å². The van der Waals surface area contributed by atoms with Gasteiger partial charge in [0.1, 0.15) is 11.6 Å². The molecule has 0 unspecified atom stereocenters. The largest absolute Gasteiger partial charge is 0.494 e. The normalized spacial score (nSPS) is 10.4. The molecule has 0 saturated carbocycles. The summed E-state index contributed by atoms with van der Waals surface area (Å²) < 4.78 is 18.4.